The molecular formula is C12H12BrNO. The van der Waals surface area contributed by atoms with E-state index in [2.05, 4.69) is 35.0 Å². The number of hydrogen-bond acceptors (Lipinski definition) is 1. The maximum Gasteiger partial charge on any atom is 0.166 e. The van der Waals surface area contributed by atoms with E-state index in [1.165, 1.54) is 5.56 Å². The SMILES string of the molecule is Cc1c(C=O)n(C)c2c(C)cc(Br)cc12. The molecule has 0 aliphatic rings. The average molecular weight is 266 g/mol. The van der Waals surface area contributed by atoms with Gasteiger partial charge in [-0.05, 0) is 37.1 Å². The van der Waals surface area contributed by atoms with E-state index in [9.17, 15) is 4.79 Å². The van der Waals surface area contributed by atoms with Crippen molar-refractivity contribution in [2.75, 3.05) is 0 Å². The lowest BCUT2D eigenvalue weighted by Crippen LogP contribution is -1.95. The van der Waals surface area contributed by atoms with E-state index in [1.54, 1.807) is 0 Å². The van der Waals surface area contributed by atoms with Crippen molar-refractivity contribution in [2.24, 2.45) is 7.05 Å². The third kappa shape index (κ3) is 1.42. The van der Waals surface area contributed by atoms with Crippen LogP contribution < -0.4 is 0 Å². The van der Waals surface area contributed by atoms with Crippen LogP contribution in [0.25, 0.3) is 10.9 Å². The largest absolute Gasteiger partial charge is 0.341 e. The normalized spacial score (nSPS) is 10.9. The van der Waals surface area contributed by atoms with E-state index in [0.29, 0.717) is 0 Å². The zero-order valence-electron chi connectivity index (χ0n) is 8.97. The van der Waals surface area contributed by atoms with Gasteiger partial charge in [0, 0.05) is 16.9 Å². The summed E-state index contributed by atoms with van der Waals surface area (Å²) >= 11 is 3.48. The zero-order valence-corrected chi connectivity index (χ0v) is 10.6. The van der Waals surface area contributed by atoms with Gasteiger partial charge < -0.3 is 4.57 Å². The standard InChI is InChI=1S/C12H12BrNO/c1-7-4-9(13)5-10-8(2)11(6-15)14(3)12(7)10/h4-6H,1-3H3. The smallest absolute Gasteiger partial charge is 0.166 e. The second-order valence-electron chi connectivity index (χ2n) is 3.81. The van der Waals surface area contributed by atoms with E-state index in [4.69, 9.17) is 0 Å². The first kappa shape index (κ1) is 10.4. The lowest BCUT2D eigenvalue weighted by atomic mass is 10.1. The Morgan fingerprint density at radius 3 is 2.60 bits per heavy atom. The molecule has 0 spiro atoms. The summed E-state index contributed by atoms with van der Waals surface area (Å²) in [7, 11) is 1.93. The monoisotopic (exact) mass is 265 g/mol. The molecule has 0 aliphatic heterocycles. The summed E-state index contributed by atoms with van der Waals surface area (Å²) in [4.78, 5) is 11.0. The predicted octanol–water partition coefficient (Wildman–Crippen LogP) is 3.37. The molecule has 1 heterocycles. The van der Waals surface area contributed by atoms with Gasteiger partial charge in [-0.2, -0.15) is 0 Å². The first-order chi connectivity index (χ1) is 7.06. The molecule has 0 N–H and O–H groups in total. The fourth-order valence-electron chi connectivity index (χ4n) is 2.14. The highest BCUT2D eigenvalue weighted by atomic mass is 79.9. The minimum absolute atomic E-state index is 0.756. The fraction of sp³-hybridized carbons (Fsp3) is 0.250. The third-order valence-corrected chi connectivity index (χ3v) is 3.32. The number of carbonyl (C=O) groups excluding carboxylic acids is 1. The summed E-state index contributed by atoms with van der Waals surface area (Å²) in [6.45, 7) is 4.04. The van der Waals surface area contributed by atoms with Crippen LogP contribution in [0.15, 0.2) is 16.6 Å². The fourth-order valence-corrected chi connectivity index (χ4v) is 2.72. The summed E-state index contributed by atoms with van der Waals surface area (Å²) < 4.78 is 3.01. The maximum atomic E-state index is 11.0. The highest BCUT2D eigenvalue weighted by Crippen LogP contribution is 2.29. The Balaban J connectivity index is 3.01. The number of carbonyl (C=O) groups is 1. The van der Waals surface area contributed by atoms with Gasteiger partial charge >= 0.3 is 0 Å². The molecule has 1 aromatic heterocycles. The number of aryl methyl sites for hydroxylation is 3. The zero-order chi connectivity index (χ0) is 11.2. The number of rotatable bonds is 1. The van der Waals surface area contributed by atoms with Crippen LogP contribution in [0.5, 0.6) is 0 Å². The number of aromatic nitrogens is 1. The van der Waals surface area contributed by atoms with Gasteiger partial charge in [-0.25, -0.2) is 0 Å². The summed E-state index contributed by atoms with van der Waals surface area (Å²) in [5.74, 6) is 0. The van der Waals surface area contributed by atoms with Crippen molar-refractivity contribution in [3.8, 4) is 0 Å². The molecule has 0 fully saturated rings. The lowest BCUT2D eigenvalue weighted by Gasteiger charge is -2.02. The Bertz CT molecular complexity index is 554. The van der Waals surface area contributed by atoms with E-state index >= 15 is 0 Å². The molecule has 1 aromatic carbocycles. The van der Waals surface area contributed by atoms with E-state index in [1.807, 2.05) is 18.5 Å². The summed E-state index contributed by atoms with van der Waals surface area (Å²) in [6, 6.07) is 4.13. The molecule has 0 amide bonds. The van der Waals surface area contributed by atoms with E-state index in [-0.39, 0.29) is 0 Å². The summed E-state index contributed by atoms with van der Waals surface area (Å²) in [5.41, 5.74) is 4.12. The average Bonchev–Trinajstić information content (AvgIpc) is 2.39. The number of benzene rings is 1. The van der Waals surface area contributed by atoms with Gasteiger partial charge in [-0.1, -0.05) is 15.9 Å². The topological polar surface area (TPSA) is 22.0 Å². The van der Waals surface area contributed by atoms with Gasteiger partial charge in [-0.3, -0.25) is 4.79 Å². The number of fused-ring (bicyclic) bond motifs is 1. The Morgan fingerprint density at radius 2 is 2.00 bits per heavy atom. The molecule has 0 unspecified atom stereocenters. The van der Waals surface area contributed by atoms with Crippen LogP contribution in [0.1, 0.15) is 21.6 Å². The quantitative estimate of drug-likeness (QED) is 0.725. The molecule has 0 saturated carbocycles. The molecule has 2 rings (SSSR count). The molecule has 2 nitrogen and oxygen atoms in total. The second kappa shape index (κ2) is 3.49. The number of nitrogens with zero attached hydrogens (tertiary/aromatic N) is 1. The Kier molecular flexibility index (Phi) is 2.43. The lowest BCUT2D eigenvalue weighted by molar-refractivity contribution is 0.111. The Hall–Kier alpha value is -1.09. The summed E-state index contributed by atoms with van der Waals surface area (Å²) in [5, 5.41) is 1.14. The van der Waals surface area contributed by atoms with Crippen molar-refractivity contribution in [3.05, 3.63) is 33.4 Å². The van der Waals surface area contributed by atoms with Gasteiger partial charge in [0.15, 0.2) is 6.29 Å². The predicted molar refractivity (Wildman–Crippen MR) is 65.5 cm³/mol. The Labute approximate surface area is 97.0 Å². The van der Waals surface area contributed by atoms with Crippen LogP contribution in [0.4, 0.5) is 0 Å². The number of aldehydes is 1. The van der Waals surface area contributed by atoms with E-state index < -0.39 is 0 Å². The van der Waals surface area contributed by atoms with Crippen LogP contribution >= 0.6 is 15.9 Å². The van der Waals surface area contributed by atoms with Crippen molar-refractivity contribution in [1.82, 2.24) is 4.57 Å². The highest BCUT2D eigenvalue weighted by Gasteiger charge is 2.13. The first-order valence-electron chi connectivity index (χ1n) is 4.76. The van der Waals surface area contributed by atoms with Crippen LogP contribution in [-0.4, -0.2) is 10.9 Å². The second-order valence-corrected chi connectivity index (χ2v) is 4.72. The van der Waals surface area contributed by atoms with Crippen molar-refractivity contribution >= 4 is 33.1 Å². The molecule has 2 aromatic rings. The highest BCUT2D eigenvalue weighted by molar-refractivity contribution is 9.10. The Morgan fingerprint density at radius 1 is 1.33 bits per heavy atom. The molecule has 0 bridgehead atoms. The molecule has 0 saturated heterocycles. The minimum atomic E-state index is 0.756. The van der Waals surface area contributed by atoms with Crippen LogP contribution in [0.2, 0.25) is 0 Å². The van der Waals surface area contributed by atoms with Crippen molar-refractivity contribution < 1.29 is 4.79 Å². The molecule has 0 aliphatic carbocycles. The van der Waals surface area contributed by atoms with Crippen LogP contribution in [0, 0.1) is 13.8 Å². The molecule has 15 heavy (non-hydrogen) atoms. The van der Waals surface area contributed by atoms with Crippen molar-refractivity contribution in [1.29, 1.82) is 0 Å². The van der Waals surface area contributed by atoms with Crippen LogP contribution in [0.3, 0.4) is 0 Å². The third-order valence-electron chi connectivity index (χ3n) is 2.86. The van der Waals surface area contributed by atoms with Gasteiger partial charge in [0.25, 0.3) is 0 Å². The molecule has 0 atom stereocenters. The molecule has 78 valence electrons. The molecular weight excluding hydrogens is 254 g/mol. The number of halogens is 1. The van der Waals surface area contributed by atoms with Gasteiger partial charge in [0.1, 0.15) is 0 Å². The van der Waals surface area contributed by atoms with Crippen molar-refractivity contribution in [3.63, 3.8) is 0 Å². The van der Waals surface area contributed by atoms with Crippen LogP contribution in [-0.2, 0) is 7.05 Å². The molecule has 3 heteroatoms. The molecule has 0 radical (unpaired) electrons. The maximum absolute atomic E-state index is 11.0. The number of hydrogen-bond donors (Lipinski definition) is 0. The van der Waals surface area contributed by atoms with Crippen molar-refractivity contribution in [2.45, 2.75) is 13.8 Å². The minimum Gasteiger partial charge on any atom is -0.341 e. The van der Waals surface area contributed by atoms with Gasteiger partial charge in [-0.15, -0.1) is 0 Å². The van der Waals surface area contributed by atoms with Gasteiger partial charge in [0.05, 0.1) is 11.2 Å². The first-order valence-corrected chi connectivity index (χ1v) is 5.56. The summed E-state index contributed by atoms with van der Waals surface area (Å²) in [6.07, 6.45) is 0.919. The van der Waals surface area contributed by atoms with E-state index in [0.717, 1.165) is 32.9 Å². The van der Waals surface area contributed by atoms with Gasteiger partial charge in [0.2, 0.25) is 0 Å².